The predicted molar refractivity (Wildman–Crippen MR) is 138 cm³/mol. The van der Waals surface area contributed by atoms with Crippen molar-refractivity contribution in [3.8, 4) is 0 Å². The monoisotopic (exact) mass is 508 g/mol. The Morgan fingerprint density at radius 3 is 2.05 bits per heavy atom. The van der Waals surface area contributed by atoms with Crippen molar-refractivity contribution in [2.24, 2.45) is 5.92 Å². The average Bonchev–Trinajstić information content (AvgIpc) is 2.92. The van der Waals surface area contributed by atoms with Crippen LogP contribution in [0.2, 0.25) is 0 Å². The van der Waals surface area contributed by atoms with E-state index >= 15 is 0 Å². The molecule has 1 amide bonds. The van der Waals surface area contributed by atoms with Crippen LogP contribution in [0.15, 0.2) is 54.6 Å². The molecule has 198 valence electrons. The molecule has 0 saturated carbocycles. The van der Waals surface area contributed by atoms with E-state index in [1.165, 1.54) is 11.1 Å². The minimum atomic E-state index is -0.870. The molecule has 37 heavy (non-hydrogen) atoms. The summed E-state index contributed by atoms with van der Waals surface area (Å²) in [5.41, 5.74) is 3.70. The molecular weight excluding hydrogens is 472 g/mol. The van der Waals surface area contributed by atoms with E-state index in [4.69, 9.17) is 14.9 Å². The van der Waals surface area contributed by atoms with E-state index in [2.05, 4.69) is 41.3 Å². The van der Waals surface area contributed by atoms with Crippen LogP contribution in [0.5, 0.6) is 0 Å². The summed E-state index contributed by atoms with van der Waals surface area (Å²) >= 11 is 0. The van der Waals surface area contributed by atoms with Crippen LogP contribution in [-0.2, 0) is 20.7 Å². The molecule has 2 aromatic carbocycles. The van der Waals surface area contributed by atoms with Crippen molar-refractivity contribution in [1.29, 1.82) is 0 Å². The van der Waals surface area contributed by atoms with Crippen LogP contribution >= 0.6 is 0 Å². The number of carbonyl (C=O) groups excluding carboxylic acids is 1. The zero-order valence-corrected chi connectivity index (χ0v) is 21.1. The summed E-state index contributed by atoms with van der Waals surface area (Å²) in [6.45, 7) is 3.91. The summed E-state index contributed by atoms with van der Waals surface area (Å²) in [5, 5.41) is 16.3. The third-order valence-electron chi connectivity index (χ3n) is 7.51. The number of rotatable bonds is 7. The van der Waals surface area contributed by atoms with Gasteiger partial charge in [-0.15, -0.1) is 0 Å². The number of carboxylic acids is 2. The van der Waals surface area contributed by atoms with E-state index < -0.39 is 11.9 Å². The van der Waals surface area contributed by atoms with E-state index in [0.29, 0.717) is 25.3 Å². The molecule has 2 N–H and O–H groups in total. The second kappa shape index (κ2) is 12.7. The van der Waals surface area contributed by atoms with Gasteiger partial charge in [-0.2, -0.15) is 0 Å². The SMILES string of the molecule is O=C(O)CCCCC(=O)O.O=C(O[C@H]1CN2CCC1CC2)N1CCc2ccccc2[C@@H]1c1ccccc1. The number of hydrogen-bond donors (Lipinski definition) is 2. The van der Waals surface area contributed by atoms with Gasteiger partial charge in [0.05, 0.1) is 6.04 Å². The van der Waals surface area contributed by atoms with Crippen LogP contribution in [0.4, 0.5) is 4.79 Å². The van der Waals surface area contributed by atoms with Crippen LogP contribution in [0.1, 0.15) is 61.3 Å². The highest BCUT2D eigenvalue weighted by molar-refractivity contribution is 5.70. The Hall–Kier alpha value is -3.39. The highest BCUT2D eigenvalue weighted by atomic mass is 16.6. The molecule has 4 aliphatic heterocycles. The highest BCUT2D eigenvalue weighted by Gasteiger charge is 2.39. The van der Waals surface area contributed by atoms with E-state index in [-0.39, 0.29) is 31.1 Å². The topological polar surface area (TPSA) is 107 Å². The molecule has 4 heterocycles. The maximum atomic E-state index is 13.2. The number of piperidine rings is 3. The van der Waals surface area contributed by atoms with Crippen LogP contribution in [0.25, 0.3) is 0 Å². The van der Waals surface area contributed by atoms with Crippen LogP contribution in [0.3, 0.4) is 0 Å². The Morgan fingerprint density at radius 2 is 1.46 bits per heavy atom. The van der Waals surface area contributed by atoms with Crippen molar-refractivity contribution < 1.29 is 29.3 Å². The smallest absolute Gasteiger partial charge is 0.410 e. The molecular formula is C29H36N2O6. The Bertz CT molecular complexity index is 1050. The number of carbonyl (C=O) groups is 3. The molecule has 2 aromatic rings. The number of amides is 1. The van der Waals surface area contributed by atoms with E-state index in [1.54, 1.807) is 0 Å². The summed E-state index contributed by atoms with van der Waals surface area (Å²) < 4.78 is 6.08. The van der Waals surface area contributed by atoms with Crippen molar-refractivity contribution in [3.05, 3.63) is 71.3 Å². The molecule has 4 aliphatic rings. The summed E-state index contributed by atoms with van der Waals surface area (Å²) in [5.74, 6) is -1.21. The fourth-order valence-electron chi connectivity index (χ4n) is 5.55. The number of nitrogens with zero attached hydrogens (tertiary/aromatic N) is 2. The Morgan fingerprint density at radius 1 is 0.838 bits per heavy atom. The number of carboxylic acid groups (broad SMARTS) is 2. The minimum Gasteiger partial charge on any atom is -0.481 e. The maximum Gasteiger partial charge on any atom is 0.410 e. The van der Waals surface area contributed by atoms with Gasteiger partial charge in [0, 0.05) is 25.9 Å². The molecule has 0 aromatic heterocycles. The molecule has 0 spiro atoms. The number of hydrogen-bond acceptors (Lipinski definition) is 5. The van der Waals surface area contributed by atoms with Gasteiger partial charge in [-0.1, -0.05) is 54.6 Å². The lowest BCUT2D eigenvalue weighted by Crippen LogP contribution is -2.53. The highest BCUT2D eigenvalue weighted by Crippen LogP contribution is 2.36. The van der Waals surface area contributed by atoms with Gasteiger partial charge in [0.25, 0.3) is 0 Å². The normalized spacial score (nSPS) is 23.8. The van der Waals surface area contributed by atoms with Crippen molar-refractivity contribution in [2.45, 2.75) is 57.1 Å². The Labute approximate surface area is 217 Å². The molecule has 6 rings (SSSR count). The molecule has 3 saturated heterocycles. The summed E-state index contributed by atoms with van der Waals surface area (Å²) in [6.07, 6.45) is 4.11. The zero-order valence-electron chi connectivity index (χ0n) is 21.1. The number of aliphatic carboxylic acids is 2. The number of unbranched alkanes of at least 4 members (excludes halogenated alkanes) is 1. The first-order chi connectivity index (χ1) is 17.9. The minimum absolute atomic E-state index is 0.0496. The van der Waals surface area contributed by atoms with Crippen molar-refractivity contribution in [1.82, 2.24) is 9.80 Å². The second-order valence-corrected chi connectivity index (χ2v) is 10.0. The zero-order chi connectivity index (χ0) is 26.2. The third-order valence-corrected chi connectivity index (χ3v) is 7.51. The van der Waals surface area contributed by atoms with Gasteiger partial charge >= 0.3 is 18.0 Å². The fourth-order valence-corrected chi connectivity index (χ4v) is 5.55. The fraction of sp³-hybridized carbons (Fsp3) is 0.483. The lowest BCUT2D eigenvalue weighted by molar-refractivity contribution is -0.139. The van der Waals surface area contributed by atoms with Crippen molar-refractivity contribution in [2.75, 3.05) is 26.2 Å². The van der Waals surface area contributed by atoms with Gasteiger partial charge in [0.15, 0.2) is 0 Å². The molecule has 2 bridgehead atoms. The molecule has 8 nitrogen and oxygen atoms in total. The number of ether oxygens (including phenoxy) is 1. The molecule has 0 unspecified atom stereocenters. The van der Waals surface area contributed by atoms with E-state index in [0.717, 1.165) is 44.5 Å². The predicted octanol–water partition coefficient (Wildman–Crippen LogP) is 4.58. The van der Waals surface area contributed by atoms with Crippen molar-refractivity contribution >= 4 is 18.0 Å². The lowest BCUT2D eigenvalue weighted by Gasteiger charge is -2.45. The summed E-state index contributed by atoms with van der Waals surface area (Å²) in [4.78, 5) is 37.4. The average molecular weight is 509 g/mol. The number of benzene rings is 2. The third kappa shape index (κ3) is 7.10. The van der Waals surface area contributed by atoms with Crippen molar-refractivity contribution in [3.63, 3.8) is 0 Å². The maximum absolute atomic E-state index is 13.2. The van der Waals surface area contributed by atoms with Gasteiger partial charge in [-0.05, 0) is 67.8 Å². The first kappa shape index (κ1) is 26.7. The van der Waals surface area contributed by atoms with Gasteiger partial charge in [-0.25, -0.2) is 4.79 Å². The van der Waals surface area contributed by atoms with Gasteiger partial charge in [0.2, 0.25) is 0 Å². The molecule has 0 aliphatic carbocycles. The first-order valence-corrected chi connectivity index (χ1v) is 13.2. The molecule has 3 fully saturated rings. The molecule has 2 atom stereocenters. The van der Waals surface area contributed by atoms with Crippen LogP contribution in [-0.4, -0.2) is 70.3 Å². The van der Waals surface area contributed by atoms with E-state index in [9.17, 15) is 14.4 Å². The number of fused-ring (bicyclic) bond motifs is 4. The van der Waals surface area contributed by atoms with Gasteiger partial charge < -0.3 is 14.9 Å². The van der Waals surface area contributed by atoms with E-state index in [1.807, 2.05) is 23.1 Å². The second-order valence-electron chi connectivity index (χ2n) is 10.0. The first-order valence-electron chi connectivity index (χ1n) is 13.2. The quantitative estimate of drug-likeness (QED) is 0.527. The summed E-state index contributed by atoms with van der Waals surface area (Å²) in [7, 11) is 0. The largest absolute Gasteiger partial charge is 0.481 e. The Kier molecular flexibility index (Phi) is 9.17. The van der Waals surface area contributed by atoms with Gasteiger partial charge in [0.1, 0.15) is 6.10 Å². The lowest BCUT2D eigenvalue weighted by atomic mass is 9.86. The van der Waals surface area contributed by atoms with Crippen LogP contribution in [0, 0.1) is 5.92 Å². The van der Waals surface area contributed by atoms with Crippen LogP contribution < -0.4 is 0 Å². The molecule has 8 heteroatoms. The Balaban J connectivity index is 0.000000275. The van der Waals surface area contributed by atoms with Gasteiger partial charge in [-0.3, -0.25) is 19.4 Å². The molecule has 0 radical (unpaired) electrons. The standard InChI is InChI=1S/C23H26N2O2.C6H10O4/c26-23(27-21-16-24-13-10-18(21)11-14-24)25-15-12-17-6-4-5-9-20(17)22(25)19-7-2-1-3-8-19;7-5(8)3-1-2-4-6(9)10/h1-9,18,21-22H,10-16H2;1-4H2,(H,7,8)(H,9,10)/t21-,22-;/m0./s1. The summed E-state index contributed by atoms with van der Waals surface area (Å²) in [6, 6.07) is 18.8.